The molecular weight excluding hydrogens is 663 g/mol. The number of aromatic hydroxyl groups is 1. The highest BCUT2D eigenvalue weighted by Crippen LogP contribution is 2.50. The van der Waals surface area contributed by atoms with E-state index >= 15 is 0 Å². The van der Waals surface area contributed by atoms with Gasteiger partial charge in [-0.25, -0.2) is 13.0 Å². The fraction of sp³-hybridized carbons (Fsp3) is 0.441. The summed E-state index contributed by atoms with van der Waals surface area (Å²) in [6, 6.07) is 16.1. The Morgan fingerprint density at radius 2 is 1.52 bits per heavy atom. The zero-order valence-corrected chi connectivity index (χ0v) is 29.8. The quantitative estimate of drug-likeness (QED) is 0.0615. The third-order valence-corrected chi connectivity index (χ3v) is 13.9. The second-order valence-corrected chi connectivity index (χ2v) is 19.1. The van der Waals surface area contributed by atoms with Crippen LogP contribution in [0.1, 0.15) is 69.7 Å². The highest BCUT2D eigenvalue weighted by atomic mass is 32.3. The Morgan fingerprint density at radius 1 is 0.938 bits per heavy atom. The number of ether oxygens (including phenoxy) is 1. The number of carbonyl (C=O) groups excluding carboxylic acids is 1. The van der Waals surface area contributed by atoms with Crippen molar-refractivity contribution in [1.29, 1.82) is 0 Å². The molecule has 10 nitrogen and oxygen atoms in total. The van der Waals surface area contributed by atoms with Crippen molar-refractivity contribution in [3.05, 3.63) is 89.5 Å². The van der Waals surface area contributed by atoms with Crippen molar-refractivity contribution in [2.45, 2.75) is 76.7 Å². The van der Waals surface area contributed by atoms with E-state index in [1.807, 2.05) is 0 Å². The molecule has 1 aliphatic rings. The first-order chi connectivity index (χ1) is 22.0. The van der Waals surface area contributed by atoms with Crippen LogP contribution in [-0.2, 0) is 23.8 Å². The van der Waals surface area contributed by atoms with E-state index in [9.17, 15) is 27.1 Å². The maximum absolute atomic E-state index is 13.8. The third-order valence-electron chi connectivity index (χ3n) is 8.90. The fourth-order valence-corrected chi connectivity index (χ4v) is 6.98. The lowest BCUT2D eigenvalue weighted by Crippen LogP contribution is -2.55. The van der Waals surface area contributed by atoms with Crippen molar-refractivity contribution in [2.24, 2.45) is 5.92 Å². The van der Waals surface area contributed by atoms with Crippen molar-refractivity contribution in [1.82, 2.24) is 6.15 Å². The number of amides is 1. The van der Waals surface area contributed by atoms with Gasteiger partial charge >= 0.3 is 10.4 Å². The average molecular weight is 709 g/mol. The predicted molar refractivity (Wildman–Crippen MR) is 182 cm³/mol. The molecule has 0 aliphatic carbocycles. The number of phenolic OH excluding ortho intramolecular Hbond substituents is 1. The lowest BCUT2D eigenvalue weighted by molar-refractivity contribution is -0.131. The minimum atomic E-state index is -4.49. The van der Waals surface area contributed by atoms with Crippen LogP contribution in [0.2, 0.25) is 18.1 Å². The highest BCUT2D eigenvalue weighted by molar-refractivity contribution is 7.80. The van der Waals surface area contributed by atoms with Gasteiger partial charge in [0, 0.05) is 17.3 Å². The molecule has 1 amide bonds. The molecule has 5 N–H and O–H groups in total. The molecule has 0 radical (unpaired) electrons. The number of benzene rings is 3. The van der Waals surface area contributed by atoms with Crippen LogP contribution in [0.5, 0.6) is 11.5 Å². The smallest absolute Gasteiger partial charge is 0.397 e. The first kappa shape index (κ1) is 39.0. The molecule has 0 saturated carbocycles. The number of rotatable bonds is 15. The van der Waals surface area contributed by atoms with E-state index < -0.39 is 36.5 Å². The third kappa shape index (κ3) is 9.83. The Hall–Kier alpha value is -3.40. The van der Waals surface area contributed by atoms with Crippen molar-refractivity contribution in [3.8, 4) is 11.5 Å². The van der Waals surface area contributed by atoms with Crippen LogP contribution in [0.25, 0.3) is 0 Å². The number of carbonyl (C=O) groups is 1. The molecule has 0 aromatic heterocycles. The van der Waals surface area contributed by atoms with E-state index in [0.29, 0.717) is 42.7 Å². The van der Waals surface area contributed by atoms with Crippen molar-refractivity contribution >= 4 is 30.3 Å². The molecule has 1 aliphatic heterocycles. The summed E-state index contributed by atoms with van der Waals surface area (Å²) in [6.07, 6.45) is 1.27. The zero-order valence-electron chi connectivity index (χ0n) is 28.0. The molecule has 1 saturated heterocycles. The molecule has 4 rings (SSSR count). The predicted octanol–water partition coefficient (Wildman–Crippen LogP) is 8.06. The summed E-state index contributed by atoms with van der Waals surface area (Å²) in [5.41, 5.74) is 1.82. The molecule has 3 atom stereocenters. The summed E-state index contributed by atoms with van der Waals surface area (Å²) in [7, 11) is -6.76. The normalized spacial score (nSPS) is 17.4. The van der Waals surface area contributed by atoms with Crippen LogP contribution < -0.4 is 15.8 Å². The topological polar surface area (TPSA) is 158 Å². The van der Waals surface area contributed by atoms with Gasteiger partial charge in [0.25, 0.3) is 0 Å². The molecule has 264 valence electrons. The van der Waals surface area contributed by atoms with E-state index in [-0.39, 0.29) is 48.0 Å². The van der Waals surface area contributed by atoms with Crippen LogP contribution in [0.15, 0.2) is 66.7 Å². The molecular formula is C34H46F2N2O8SSi. The molecule has 1 heterocycles. The largest absolute Gasteiger partial charge is 0.507 e. The molecule has 0 bridgehead atoms. The Labute approximate surface area is 282 Å². The van der Waals surface area contributed by atoms with Gasteiger partial charge < -0.3 is 25.3 Å². The Bertz CT molecular complexity index is 1630. The van der Waals surface area contributed by atoms with Gasteiger partial charge in [-0.1, -0.05) is 32.9 Å². The summed E-state index contributed by atoms with van der Waals surface area (Å²) in [5.74, 6) is -1.19. The van der Waals surface area contributed by atoms with Gasteiger partial charge in [-0.15, -0.1) is 0 Å². The highest BCUT2D eigenvalue weighted by Gasteiger charge is 2.50. The number of phenols is 1. The van der Waals surface area contributed by atoms with Crippen molar-refractivity contribution < 1.29 is 45.0 Å². The van der Waals surface area contributed by atoms with E-state index in [2.05, 4.69) is 38.0 Å². The second-order valence-electron chi connectivity index (χ2n) is 13.3. The lowest BCUT2D eigenvalue weighted by atomic mass is 9.78. The summed E-state index contributed by atoms with van der Waals surface area (Å²) in [5, 5.41) is 11.1. The van der Waals surface area contributed by atoms with Gasteiger partial charge in [-0.2, -0.15) is 8.42 Å². The van der Waals surface area contributed by atoms with Crippen molar-refractivity contribution in [3.63, 3.8) is 0 Å². The zero-order chi connectivity index (χ0) is 34.6. The van der Waals surface area contributed by atoms with Gasteiger partial charge in [0.15, 0.2) is 8.32 Å². The summed E-state index contributed by atoms with van der Waals surface area (Å²) >= 11 is 0. The number of halogens is 2. The average Bonchev–Trinajstić information content (AvgIpc) is 2.98. The Balaban J connectivity index is 0.00000625. The maximum atomic E-state index is 13.8. The molecule has 3 aromatic rings. The lowest BCUT2D eigenvalue weighted by Gasteiger charge is -2.48. The fourth-order valence-electron chi connectivity index (χ4n) is 5.33. The first-order valence-electron chi connectivity index (χ1n) is 15.6. The van der Waals surface area contributed by atoms with Gasteiger partial charge in [-0.05, 0) is 97.9 Å². The van der Waals surface area contributed by atoms with E-state index in [4.69, 9.17) is 13.7 Å². The van der Waals surface area contributed by atoms with Crippen LogP contribution in [0.3, 0.4) is 0 Å². The Morgan fingerprint density at radius 3 is 2.08 bits per heavy atom. The summed E-state index contributed by atoms with van der Waals surface area (Å²) in [6.45, 7) is 10.7. The Kier molecular flexibility index (Phi) is 12.9. The number of hydrogen-bond donors (Lipinski definition) is 3. The molecule has 3 unspecified atom stereocenters. The molecule has 3 aromatic carbocycles. The SMILES string of the molecule is CC(C)(C)[Si](C)(C)OC(CCC1C(=O)N(c2ccc(F)cc2)C1c1ccc(OCCCCOS(=O)(=O)O)cc1O)c1ccc(F)cc1.N. The number of β-lactam (4-membered cyclic amide) rings is 1. The van der Waals surface area contributed by atoms with Crippen LogP contribution in [0.4, 0.5) is 14.5 Å². The number of hydrogen-bond acceptors (Lipinski definition) is 8. The minimum Gasteiger partial charge on any atom is -0.507 e. The monoisotopic (exact) mass is 708 g/mol. The van der Waals surface area contributed by atoms with Crippen molar-refractivity contribution in [2.75, 3.05) is 18.1 Å². The maximum Gasteiger partial charge on any atom is 0.397 e. The van der Waals surface area contributed by atoms with Crippen LogP contribution in [0, 0.1) is 17.6 Å². The van der Waals surface area contributed by atoms with Crippen LogP contribution >= 0.6 is 0 Å². The molecule has 48 heavy (non-hydrogen) atoms. The second kappa shape index (κ2) is 15.9. The van der Waals surface area contributed by atoms with Gasteiger partial charge in [0.1, 0.15) is 23.1 Å². The number of anilines is 1. The first-order valence-corrected chi connectivity index (χ1v) is 19.8. The van der Waals surface area contributed by atoms with Gasteiger partial charge in [-0.3, -0.25) is 9.35 Å². The van der Waals surface area contributed by atoms with Crippen LogP contribution in [-0.4, -0.2) is 45.5 Å². The van der Waals surface area contributed by atoms with E-state index in [0.717, 1.165) is 5.56 Å². The van der Waals surface area contributed by atoms with Gasteiger partial charge in [0.2, 0.25) is 5.91 Å². The number of nitrogens with zero attached hydrogens (tertiary/aromatic N) is 1. The van der Waals surface area contributed by atoms with E-state index in [1.165, 1.54) is 42.5 Å². The molecule has 14 heteroatoms. The minimum absolute atomic E-state index is 0. The number of unbranched alkanes of at least 4 members (excludes halogenated alkanes) is 1. The summed E-state index contributed by atoms with van der Waals surface area (Å²) < 4.78 is 74.4. The standard InChI is InChI=1S/C34H43F2NO8SSi.H3N/c1-34(2,3)47(4,5)45-31(23-8-10-24(35)11-9-23)19-18-29-32(37(33(29)39)26-14-12-25(36)13-15-26)28-17-16-27(22-30(28)38)43-20-6-7-21-44-46(40,41)42;/h8-17,22,29,31-32,38H,6-7,18-21H2,1-5H3,(H,40,41,42);1H3. The van der Waals surface area contributed by atoms with Gasteiger partial charge in [0.05, 0.1) is 31.3 Å². The summed E-state index contributed by atoms with van der Waals surface area (Å²) in [4.78, 5) is 15.3. The molecule has 1 fully saturated rings. The van der Waals surface area contributed by atoms with E-state index in [1.54, 1.807) is 29.2 Å². The molecule has 0 spiro atoms.